The molecule has 1 aliphatic heterocycles. The number of phenolic OH excluding ortho intramolecular Hbond substituents is 1. The van der Waals surface area contributed by atoms with Crippen molar-refractivity contribution in [3.8, 4) is 11.5 Å². The number of anilines is 2. The second-order valence-electron chi connectivity index (χ2n) is 9.57. The Labute approximate surface area is 232 Å². The van der Waals surface area contributed by atoms with E-state index in [0.717, 1.165) is 56.2 Å². The van der Waals surface area contributed by atoms with Crippen molar-refractivity contribution in [2.75, 3.05) is 30.1 Å². The summed E-state index contributed by atoms with van der Waals surface area (Å²) in [7, 11) is -1.34. The van der Waals surface area contributed by atoms with Crippen LogP contribution >= 0.6 is 11.8 Å². The Morgan fingerprint density at radius 2 is 1.82 bits per heavy atom. The lowest BCUT2D eigenvalue weighted by molar-refractivity contribution is -0.140. The highest BCUT2D eigenvalue weighted by Crippen LogP contribution is 2.47. The molecule has 0 bridgehead atoms. The van der Waals surface area contributed by atoms with Crippen LogP contribution < -0.4 is 9.64 Å². The summed E-state index contributed by atoms with van der Waals surface area (Å²) in [5, 5.41) is 9.92. The molecule has 0 aliphatic carbocycles. The van der Waals surface area contributed by atoms with Crippen molar-refractivity contribution in [2.45, 2.75) is 69.1 Å². The van der Waals surface area contributed by atoms with E-state index in [1.54, 1.807) is 25.1 Å². The largest absolute Gasteiger partial charge is 0.508 e. The molecule has 0 aromatic heterocycles. The molecule has 0 fully saturated rings. The molecule has 3 rings (SSSR count). The first kappa shape index (κ1) is 30.0. The summed E-state index contributed by atoms with van der Waals surface area (Å²) >= 11 is 1.42. The van der Waals surface area contributed by atoms with E-state index in [1.165, 1.54) is 11.8 Å². The Balaban J connectivity index is 2.13. The van der Waals surface area contributed by atoms with Gasteiger partial charge in [-0.25, -0.2) is 4.79 Å². The molecule has 1 atom stereocenters. The quantitative estimate of drug-likeness (QED) is 0.124. The summed E-state index contributed by atoms with van der Waals surface area (Å²) in [4.78, 5) is 15.2. The Morgan fingerprint density at radius 1 is 1.16 bits per heavy atom. The maximum atomic E-state index is 14.2. The molecule has 0 saturated carbocycles. The number of halogens is 1. The number of hydrogen-bond donors (Lipinski definition) is 1. The minimum Gasteiger partial charge on any atom is -0.508 e. The minimum atomic E-state index is -1.34. The van der Waals surface area contributed by atoms with Gasteiger partial charge in [0, 0.05) is 29.5 Å². The van der Waals surface area contributed by atoms with Crippen molar-refractivity contribution in [1.82, 2.24) is 0 Å². The van der Waals surface area contributed by atoms with Crippen LogP contribution in [-0.2, 0) is 20.3 Å². The van der Waals surface area contributed by atoms with E-state index >= 15 is 0 Å². The molecule has 1 N–H and O–H groups in total. The zero-order chi connectivity index (χ0) is 27.7. The number of aromatic hydroxyl groups is 1. The zero-order valence-electron chi connectivity index (χ0n) is 22.6. The van der Waals surface area contributed by atoms with E-state index in [0.29, 0.717) is 27.8 Å². The third kappa shape index (κ3) is 7.32. The van der Waals surface area contributed by atoms with Gasteiger partial charge in [0.2, 0.25) is 5.83 Å². The van der Waals surface area contributed by atoms with Gasteiger partial charge in [0.1, 0.15) is 17.8 Å². The van der Waals surface area contributed by atoms with Crippen molar-refractivity contribution in [1.29, 1.82) is 0 Å². The van der Waals surface area contributed by atoms with Gasteiger partial charge < -0.3 is 19.5 Å². The first-order valence-electron chi connectivity index (χ1n) is 13.1. The minimum absolute atomic E-state index is 0.0545. The number of thioether (sulfide) groups is 1. The fourth-order valence-electron chi connectivity index (χ4n) is 4.75. The number of nitrogens with zero attached hydrogens (tertiary/aromatic N) is 1. The van der Waals surface area contributed by atoms with Crippen LogP contribution in [0.2, 0.25) is 0 Å². The van der Waals surface area contributed by atoms with E-state index in [9.17, 15) is 18.5 Å². The van der Waals surface area contributed by atoms with Gasteiger partial charge in [-0.3, -0.25) is 4.21 Å². The number of ether oxygens (including phenoxy) is 2. The first-order valence-corrected chi connectivity index (χ1v) is 15.7. The lowest BCUT2D eigenvalue weighted by Gasteiger charge is -2.37. The molecule has 0 spiro atoms. The number of rotatable bonds is 12. The van der Waals surface area contributed by atoms with E-state index < -0.39 is 22.6 Å². The number of carbonyl (C=O) groups excluding carboxylic acids is 1. The molecule has 0 radical (unpaired) electrons. The van der Waals surface area contributed by atoms with Crippen LogP contribution in [-0.4, -0.2) is 40.4 Å². The number of fused-ring (bicyclic) bond motifs is 1. The molecule has 6 nitrogen and oxygen atoms in total. The second-order valence-corrected chi connectivity index (χ2v) is 11.8. The van der Waals surface area contributed by atoms with Crippen LogP contribution in [0.4, 0.5) is 15.8 Å². The number of benzene rings is 2. The topological polar surface area (TPSA) is 76.1 Å². The summed E-state index contributed by atoms with van der Waals surface area (Å²) in [6, 6.07) is 10.7. The highest BCUT2D eigenvalue weighted by molar-refractivity contribution is 7.98. The van der Waals surface area contributed by atoms with Crippen molar-refractivity contribution in [3.63, 3.8) is 0 Å². The van der Waals surface area contributed by atoms with Crippen molar-refractivity contribution in [2.24, 2.45) is 5.41 Å². The molecule has 0 saturated heterocycles. The molecule has 208 valence electrons. The summed E-state index contributed by atoms with van der Waals surface area (Å²) < 4.78 is 38.5. The van der Waals surface area contributed by atoms with Crippen LogP contribution in [0.3, 0.4) is 0 Å². The number of phenols is 1. The Hall–Kier alpha value is -2.52. The van der Waals surface area contributed by atoms with Gasteiger partial charge in [-0.1, -0.05) is 39.5 Å². The lowest BCUT2D eigenvalue weighted by atomic mass is 9.79. The summed E-state index contributed by atoms with van der Waals surface area (Å²) in [6.07, 6.45) is 8.74. The SMILES string of the molecule is CCCCC1(CCCC)CN(c2ccc(O)cc2)c2cc(SC)c(O/C=C(\F)C(=O)OCC)cc2S(=O)C1. The Bertz CT molecular complexity index is 1140. The molecule has 0 amide bonds. The van der Waals surface area contributed by atoms with Gasteiger partial charge in [-0.15, -0.1) is 11.8 Å². The average molecular weight is 564 g/mol. The maximum absolute atomic E-state index is 14.2. The standard InChI is InChI=1S/C29H38FNO5S2/c1-5-8-14-29(15-9-6-2)19-31(21-10-12-22(32)13-11-21)24-16-26(37-4)25(17-27(24)38(34)20-29)36-18-23(30)28(33)35-7-3/h10-13,16-18,32H,5-9,14-15,19-20H2,1-4H3/b23-18-. The van der Waals surface area contributed by atoms with Gasteiger partial charge >= 0.3 is 5.97 Å². The van der Waals surface area contributed by atoms with Crippen molar-refractivity contribution < 1.29 is 28.0 Å². The monoisotopic (exact) mass is 563 g/mol. The maximum Gasteiger partial charge on any atom is 0.370 e. The van der Waals surface area contributed by atoms with E-state index in [1.807, 2.05) is 24.5 Å². The number of esters is 1. The molecule has 1 aliphatic rings. The van der Waals surface area contributed by atoms with Crippen LogP contribution in [0.25, 0.3) is 0 Å². The number of unbranched alkanes of at least 4 members (excludes halogenated alkanes) is 2. The van der Waals surface area contributed by atoms with Crippen LogP contribution in [0, 0.1) is 5.41 Å². The fourth-order valence-corrected chi connectivity index (χ4v) is 7.03. The Kier molecular flexibility index (Phi) is 11.1. The fraction of sp³-hybridized carbons (Fsp3) is 0.483. The molecule has 1 heterocycles. The molecule has 9 heteroatoms. The van der Waals surface area contributed by atoms with Crippen molar-refractivity contribution >= 4 is 39.9 Å². The predicted molar refractivity (Wildman–Crippen MR) is 153 cm³/mol. The van der Waals surface area contributed by atoms with Crippen molar-refractivity contribution in [3.05, 3.63) is 48.5 Å². The normalized spacial score (nSPS) is 17.0. The van der Waals surface area contributed by atoms with Gasteiger partial charge in [-0.2, -0.15) is 4.39 Å². The molecule has 2 aromatic rings. The molecule has 1 unspecified atom stereocenters. The van der Waals surface area contributed by atoms with Crippen LogP contribution in [0.1, 0.15) is 59.3 Å². The van der Waals surface area contributed by atoms with E-state index in [-0.39, 0.29) is 17.8 Å². The number of carbonyl (C=O) groups is 1. The second kappa shape index (κ2) is 14.0. The third-order valence-electron chi connectivity index (χ3n) is 6.75. The molecule has 38 heavy (non-hydrogen) atoms. The highest BCUT2D eigenvalue weighted by atomic mass is 32.2. The van der Waals surface area contributed by atoms with E-state index in [2.05, 4.69) is 18.7 Å². The molecular weight excluding hydrogens is 525 g/mol. The smallest absolute Gasteiger partial charge is 0.370 e. The summed E-state index contributed by atoms with van der Waals surface area (Å²) in [5.41, 5.74) is 1.54. The average Bonchev–Trinajstić information content (AvgIpc) is 3.03. The molecule has 2 aromatic carbocycles. The number of hydrogen-bond acceptors (Lipinski definition) is 7. The van der Waals surface area contributed by atoms with Gasteiger partial charge in [-0.05, 0) is 56.4 Å². The van der Waals surface area contributed by atoms with E-state index in [4.69, 9.17) is 9.47 Å². The molecular formula is C29H38FNO5S2. The van der Waals surface area contributed by atoms with Crippen LogP contribution in [0.15, 0.2) is 58.3 Å². The third-order valence-corrected chi connectivity index (χ3v) is 9.21. The first-order chi connectivity index (χ1) is 18.3. The van der Waals surface area contributed by atoms with Crippen LogP contribution in [0.5, 0.6) is 11.5 Å². The lowest BCUT2D eigenvalue weighted by Crippen LogP contribution is -2.37. The zero-order valence-corrected chi connectivity index (χ0v) is 24.3. The van der Waals surface area contributed by atoms with Gasteiger partial charge in [0.25, 0.3) is 0 Å². The predicted octanol–water partition coefficient (Wildman–Crippen LogP) is 7.49. The summed E-state index contributed by atoms with van der Waals surface area (Å²) in [5.74, 6) is -1.21. The summed E-state index contributed by atoms with van der Waals surface area (Å²) in [6.45, 7) is 6.69. The Morgan fingerprint density at radius 3 is 2.39 bits per heavy atom. The van der Waals surface area contributed by atoms with Gasteiger partial charge in [0.05, 0.1) is 32.9 Å². The highest BCUT2D eigenvalue weighted by Gasteiger charge is 2.39. The van der Waals surface area contributed by atoms with Gasteiger partial charge in [0.15, 0.2) is 0 Å².